The van der Waals surface area contributed by atoms with E-state index in [0.717, 1.165) is 0 Å². The Labute approximate surface area is 92.2 Å². The highest BCUT2D eigenvalue weighted by Gasteiger charge is 2.14. The van der Waals surface area contributed by atoms with E-state index in [1.54, 1.807) is 13.8 Å². The van der Waals surface area contributed by atoms with Crippen molar-refractivity contribution < 1.29 is 10.0 Å². The standard InChI is InChI=1S/C7H13N5O2S/c1-4(2)12(14)5(13)3-8-6-9-7(15)11-10-6/h4,14H,3H2,1-2H3,(H3,8,9,10,11,15). The Morgan fingerprint density at radius 2 is 2.33 bits per heavy atom. The molecular formula is C7H13N5O2S. The lowest BCUT2D eigenvalue weighted by molar-refractivity contribution is -0.170. The van der Waals surface area contributed by atoms with Crippen molar-refractivity contribution in [3.8, 4) is 0 Å². The van der Waals surface area contributed by atoms with E-state index in [0.29, 0.717) is 16.2 Å². The van der Waals surface area contributed by atoms with Crippen LogP contribution in [-0.4, -0.2) is 43.9 Å². The number of carbonyl (C=O) groups is 1. The molecule has 0 bridgehead atoms. The van der Waals surface area contributed by atoms with Gasteiger partial charge in [-0.05, 0) is 13.8 Å². The number of hydroxylamine groups is 2. The molecule has 0 aliphatic carbocycles. The Balaban J connectivity index is 2.40. The van der Waals surface area contributed by atoms with Crippen molar-refractivity contribution in [2.45, 2.75) is 25.0 Å². The molecule has 84 valence electrons. The number of hydrogen-bond acceptors (Lipinski definition) is 6. The second-order valence-corrected chi connectivity index (χ2v) is 3.61. The average molecular weight is 231 g/mol. The highest BCUT2D eigenvalue weighted by atomic mass is 32.1. The maximum absolute atomic E-state index is 11.3. The van der Waals surface area contributed by atoms with E-state index >= 15 is 0 Å². The van der Waals surface area contributed by atoms with E-state index in [-0.39, 0.29) is 12.6 Å². The van der Waals surface area contributed by atoms with E-state index in [1.807, 2.05) is 0 Å². The smallest absolute Gasteiger partial charge is 0.265 e. The third-order valence-electron chi connectivity index (χ3n) is 1.63. The first kappa shape index (κ1) is 11.8. The number of nitrogens with zero attached hydrogens (tertiary/aromatic N) is 3. The maximum atomic E-state index is 11.3. The number of aromatic nitrogens is 3. The van der Waals surface area contributed by atoms with Crippen molar-refractivity contribution in [3.05, 3.63) is 0 Å². The average Bonchev–Trinajstić information content (AvgIpc) is 2.59. The Hall–Kier alpha value is -1.28. The third-order valence-corrected chi connectivity index (χ3v) is 1.83. The summed E-state index contributed by atoms with van der Waals surface area (Å²) in [6.45, 7) is 3.35. The maximum Gasteiger partial charge on any atom is 0.265 e. The number of carbonyl (C=O) groups excluding carboxylic acids is 1. The second kappa shape index (κ2) is 4.99. The van der Waals surface area contributed by atoms with Gasteiger partial charge in [-0.15, -0.1) is 22.8 Å². The zero-order valence-corrected chi connectivity index (χ0v) is 9.32. The summed E-state index contributed by atoms with van der Waals surface area (Å²) in [7, 11) is 0. The molecule has 7 nitrogen and oxygen atoms in total. The predicted octanol–water partition coefficient (Wildman–Crippen LogP) is 0.131. The molecule has 0 atom stereocenters. The quantitative estimate of drug-likeness (QED) is 0.336. The van der Waals surface area contributed by atoms with Crippen LogP contribution >= 0.6 is 12.6 Å². The fourth-order valence-corrected chi connectivity index (χ4v) is 1.01. The van der Waals surface area contributed by atoms with Crippen LogP contribution in [0, 0.1) is 0 Å². The number of hydrogen-bond donors (Lipinski definition) is 4. The molecule has 3 N–H and O–H groups in total. The Bertz CT molecular complexity index is 340. The minimum Gasteiger partial charge on any atom is -0.345 e. The molecule has 0 aliphatic heterocycles. The molecule has 0 fully saturated rings. The number of rotatable bonds is 4. The zero-order valence-electron chi connectivity index (χ0n) is 8.43. The number of amides is 1. The van der Waals surface area contributed by atoms with Crippen LogP contribution in [0.25, 0.3) is 0 Å². The van der Waals surface area contributed by atoms with Gasteiger partial charge in [0, 0.05) is 0 Å². The van der Waals surface area contributed by atoms with Crippen LogP contribution in [0.15, 0.2) is 5.16 Å². The van der Waals surface area contributed by atoms with E-state index < -0.39 is 5.91 Å². The third kappa shape index (κ3) is 3.40. The van der Waals surface area contributed by atoms with Crippen molar-refractivity contribution in [2.24, 2.45) is 0 Å². The molecule has 0 aromatic carbocycles. The Kier molecular flexibility index (Phi) is 3.92. The van der Waals surface area contributed by atoms with Crippen molar-refractivity contribution in [1.29, 1.82) is 0 Å². The number of anilines is 1. The Morgan fingerprint density at radius 1 is 1.67 bits per heavy atom. The first-order chi connectivity index (χ1) is 7.00. The summed E-state index contributed by atoms with van der Waals surface area (Å²) in [4.78, 5) is 14.0. The SMILES string of the molecule is CC(C)N(O)C(=O)CNc1nnc(S)[nH]1. The fraction of sp³-hybridized carbons (Fsp3) is 0.571. The first-order valence-corrected chi connectivity index (χ1v) is 4.82. The normalized spacial score (nSPS) is 10.5. The van der Waals surface area contributed by atoms with Crippen LogP contribution in [0.1, 0.15) is 13.8 Å². The van der Waals surface area contributed by atoms with Crippen molar-refractivity contribution in [3.63, 3.8) is 0 Å². The van der Waals surface area contributed by atoms with Gasteiger partial charge in [0.25, 0.3) is 5.91 Å². The van der Waals surface area contributed by atoms with Gasteiger partial charge < -0.3 is 10.3 Å². The topological polar surface area (TPSA) is 94.1 Å². The van der Waals surface area contributed by atoms with Crippen LogP contribution in [0.4, 0.5) is 5.95 Å². The molecule has 0 saturated carbocycles. The molecule has 1 aromatic heterocycles. The molecule has 1 aromatic rings. The highest BCUT2D eigenvalue weighted by Crippen LogP contribution is 2.01. The van der Waals surface area contributed by atoms with Gasteiger partial charge >= 0.3 is 0 Å². The largest absolute Gasteiger partial charge is 0.345 e. The molecule has 0 saturated heterocycles. The van der Waals surface area contributed by atoms with E-state index in [2.05, 4.69) is 33.1 Å². The van der Waals surface area contributed by atoms with Crippen LogP contribution in [0.5, 0.6) is 0 Å². The van der Waals surface area contributed by atoms with Gasteiger partial charge in [0.1, 0.15) is 0 Å². The fourth-order valence-electron chi connectivity index (χ4n) is 0.861. The molecule has 1 rings (SSSR count). The van der Waals surface area contributed by atoms with Gasteiger partial charge in [-0.2, -0.15) is 0 Å². The van der Waals surface area contributed by atoms with Gasteiger partial charge in [0.05, 0.1) is 12.6 Å². The van der Waals surface area contributed by atoms with E-state index in [9.17, 15) is 10.0 Å². The highest BCUT2D eigenvalue weighted by molar-refractivity contribution is 7.80. The summed E-state index contributed by atoms with van der Waals surface area (Å²) in [5.41, 5.74) is 0. The lowest BCUT2D eigenvalue weighted by Crippen LogP contribution is -2.37. The number of thiol groups is 1. The van der Waals surface area contributed by atoms with Crippen LogP contribution < -0.4 is 5.32 Å². The van der Waals surface area contributed by atoms with Crippen molar-refractivity contribution >= 4 is 24.5 Å². The molecular weight excluding hydrogens is 218 g/mol. The first-order valence-electron chi connectivity index (χ1n) is 4.37. The number of aromatic amines is 1. The number of nitrogens with one attached hydrogen (secondary N) is 2. The van der Waals surface area contributed by atoms with Crippen molar-refractivity contribution in [2.75, 3.05) is 11.9 Å². The monoisotopic (exact) mass is 231 g/mol. The summed E-state index contributed by atoms with van der Waals surface area (Å²) >= 11 is 3.91. The summed E-state index contributed by atoms with van der Waals surface area (Å²) in [6.07, 6.45) is 0. The summed E-state index contributed by atoms with van der Waals surface area (Å²) in [5.74, 6) is -0.104. The van der Waals surface area contributed by atoms with Gasteiger partial charge in [-0.3, -0.25) is 10.0 Å². The molecule has 1 amide bonds. The molecule has 0 radical (unpaired) electrons. The summed E-state index contributed by atoms with van der Waals surface area (Å²) < 4.78 is 0. The van der Waals surface area contributed by atoms with E-state index in [1.165, 1.54) is 0 Å². The van der Waals surface area contributed by atoms with Crippen LogP contribution in [0.3, 0.4) is 0 Å². The van der Waals surface area contributed by atoms with Gasteiger partial charge in [0.15, 0.2) is 5.16 Å². The van der Waals surface area contributed by atoms with Crippen molar-refractivity contribution in [1.82, 2.24) is 20.2 Å². The molecule has 15 heavy (non-hydrogen) atoms. The minimum atomic E-state index is -0.442. The molecule has 8 heteroatoms. The van der Waals surface area contributed by atoms with Gasteiger partial charge in [0.2, 0.25) is 5.95 Å². The Morgan fingerprint density at radius 3 is 2.80 bits per heavy atom. The lowest BCUT2D eigenvalue weighted by atomic mass is 10.4. The second-order valence-electron chi connectivity index (χ2n) is 3.18. The van der Waals surface area contributed by atoms with Gasteiger partial charge in [-0.1, -0.05) is 0 Å². The summed E-state index contributed by atoms with van der Waals surface area (Å²) in [6, 6.07) is -0.255. The zero-order chi connectivity index (χ0) is 11.4. The van der Waals surface area contributed by atoms with Crippen LogP contribution in [0.2, 0.25) is 0 Å². The molecule has 0 unspecified atom stereocenters. The predicted molar refractivity (Wildman–Crippen MR) is 55.9 cm³/mol. The molecule has 0 aliphatic rings. The minimum absolute atomic E-state index is 0.0584. The van der Waals surface area contributed by atoms with Crippen LogP contribution in [-0.2, 0) is 4.79 Å². The number of H-pyrrole nitrogens is 1. The lowest BCUT2D eigenvalue weighted by Gasteiger charge is -2.18. The molecule has 1 heterocycles. The molecule has 0 spiro atoms. The van der Waals surface area contributed by atoms with E-state index in [4.69, 9.17) is 0 Å². The van der Waals surface area contributed by atoms with Gasteiger partial charge in [-0.25, -0.2) is 5.06 Å². The summed E-state index contributed by atoms with van der Waals surface area (Å²) in [5, 5.41) is 20.2.